The Bertz CT molecular complexity index is 680. The third-order valence-corrected chi connectivity index (χ3v) is 3.89. The van der Waals surface area contributed by atoms with Gasteiger partial charge in [-0.25, -0.2) is 0 Å². The fraction of sp³-hybridized carbons (Fsp3) is 0.273. The molecule has 0 saturated carbocycles. The zero-order valence-electron chi connectivity index (χ0n) is 10.3. The normalized spacial score (nSPS) is 10.5. The van der Waals surface area contributed by atoms with Gasteiger partial charge in [-0.05, 0) is 22.4 Å². The summed E-state index contributed by atoms with van der Waals surface area (Å²) in [5, 5.41) is 11.5. The minimum atomic E-state index is -0.485. The first kappa shape index (κ1) is 13.9. The second kappa shape index (κ2) is 5.62. The van der Waals surface area contributed by atoms with Gasteiger partial charge in [0.1, 0.15) is 10.6 Å². The highest BCUT2D eigenvalue weighted by Gasteiger charge is 2.15. The SMILES string of the molecule is CCc1nnc(NC(=O)c2cn(C)cc(Br)c2=O)s1. The largest absolute Gasteiger partial charge is 0.355 e. The molecule has 1 N–H and O–H groups in total. The number of aryl methyl sites for hydroxylation is 2. The number of carbonyl (C=O) groups excluding carboxylic acids is 1. The van der Waals surface area contributed by atoms with Gasteiger partial charge in [-0.3, -0.25) is 14.9 Å². The van der Waals surface area contributed by atoms with Crippen LogP contribution in [0.4, 0.5) is 5.13 Å². The van der Waals surface area contributed by atoms with E-state index >= 15 is 0 Å². The molecule has 2 aromatic heterocycles. The van der Waals surface area contributed by atoms with Crippen LogP contribution in [0.5, 0.6) is 0 Å². The van der Waals surface area contributed by atoms with Crippen molar-refractivity contribution in [3.05, 3.63) is 37.7 Å². The van der Waals surface area contributed by atoms with Crippen LogP contribution in [0.1, 0.15) is 22.3 Å². The van der Waals surface area contributed by atoms with Gasteiger partial charge in [0.15, 0.2) is 0 Å². The summed E-state index contributed by atoms with van der Waals surface area (Å²) in [6.07, 6.45) is 3.83. The second-order valence-electron chi connectivity index (χ2n) is 3.82. The fourth-order valence-electron chi connectivity index (χ4n) is 1.44. The van der Waals surface area contributed by atoms with Crippen molar-refractivity contribution in [1.29, 1.82) is 0 Å². The van der Waals surface area contributed by atoms with E-state index in [1.807, 2.05) is 6.92 Å². The quantitative estimate of drug-likeness (QED) is 0.922. The van der Waals surface area contributed by atoms with Crippen LogP contribution >= 0.6 is 27.3 Å². The van der Waals surface area contributed by atoms with Crippen molar-refractivity contribution in [3.63, 3.8) is 0 Å². The minimum Gasteiger partial charge on any atom is -0.355 e. The predicted octanol–water partition coefficient (Wildman–Crippen LogP) is 1.81. The first-order chi connectivity index (χ1) is 9.01. The highest BCUT2D eigenvalue weighted by Crippen LogP contribution is 2.16. The molecule has 0 unspecified atom stereocenters. The lowest BCUT2D eigenvalue weighted by Gasteiger charge is -2.04. The highest BCUT2D eigenvalue weighted by atomic mass is 79.9. The van der Waals surface area contributed by atoms with Gasteiger partial charge in [-0.2, -0.15) is 0 Å². The Labute approximate surface area is 121 Å². The standard InChI is InChI=1S/C11H11BrN4O2S/c1-3-8-14-15-11(19-8)13-10(18)6-4-16(2)5-7(12)9(6)17/h4-5H,3H2,1-2H3,(H,13,15,18). The van der Waals surface area contributed by atoms with E-state index in [9.17, 15) is 9.59 Å². The average molecular weight is 343 g/mol. The number of anilines is 1. The molecule has 8 heteroatoms. The van der Waals surface area contributed by atoms with Gasteiger partial charge in [0, 0.05) is 19.4 Å². The van der Waals surface area contributed by atoms with Gasteiger partial charge in [-0.15, -0.1) is 10.2 Å². The topological polar surface area (TPSA) is 76.9 Å². The maximum atomic E-state index is 12.0. The number of aromatic nitrogens is 3. The van der Waals surface area contributed by atoms with Gasteiger partial charge >= 0.3 is 0 Å². The van der Waals surface area contributed by atoms with E-state index in [1.54, 1.807) is 17.8 Å². The number of pyridine rings is 1. The van der Waals surface area contributed by atoms with Crippen LogP contribution in [0.3, 0.4) is 0 Å². The molecule has 1 amide bonds. The van der Waals surface area contributed by atoms with Crippen molar-refractivity contribution in [3.8, 4) is 0 Å². The van der Waals surface area contributed by atoms with Crippen LogP contribution in [-0.4, -0.2) is 20.7 Å². The smallest absolute Gasteiger partial charge is 0.263 e. The predicted molar refractivity (Wildman–Crippen MR) is 76.6 cm³/mol. The number of nitrogens with one attached hydrogen (secondary N) is 1. The number of hydrogen-bond donors (Lipinski definition) is 1. The lowest BCUT2D eigenvalue weighted by atomic mass is 10.2. The first-order valence-electron chi connectivity index (χ1n) is 5.50. The molecule has 100 valence electrons. The Morgan fingerprint density at radius 1 is 1.47 bits per heavy atom. The van der Waals surface area contributed by atoms with E-state index in [0.29, 0.717) is 9.60 Å². The molecule has 0 aliphatic carbocycles. The number of nitrogens with zero attached hydrogens (tertiary/aromatic N) is 3. The van der Waals surface area contributed by atoms with Gasteiger partial charge in [0.25, 0.3) is 5.91 Å². The van der Waals surface area contributed by atoms with E-state index in [1.165, 1.54) is 17.5 Å². The van der Waals surface area contributed by atoms with Crippen LogP contribution in [0.15, 0.2) is 21.7 Å². The zero-order chi connectivity index (χ0) is 14.0. The molecule has 19 heavy (non-hydrogen) atoms. The third kappa shape index (κ3) is 3.07. The van der Waals surface area contributed by atoms with E-state index in [-0.39, 0.29) is 11.0 Å². The minimum absolute atomic E-state index is 0.0603. The Kier molecular flexibility index (Phi) is 4.11. The second-order valence-corrected chi connectivity index (χ2v) is 5.74. The molecule has 2 heterocycles. The molecule has 0 aliphatic rings. The van der Waals surface area contributed by atoms with E-state index < -0.39 is 5.91 Å². The Morgan fingerprint density at radius 3 is 2.84 bits per heavy atom. The molecular weight excluding hydrogens is 332 g/mol. The summed E-state index contributed by atoms with van der Waals surface area (Å²) in [5.41, 5.74) is -0.291. The van der Waals surface area contributed by atoms with Crippen molar-refractivity contribution in [2.75, 3.05) is 5.32 Å². The van der Waals surface area contributed by atoms with Crippen molar-refractivity contribution < 1.29 is 4.79 Å². The number of carbonyl (C=O) groups is 1. The van der Waals surface area contributed by atoms with Crippen LogP contribution in [0, 0.1) is 0 Å². The van der Waals surface area contributed by atoms with Gasteiger partial charge in [0.05, 0.1) is 4.47 Å². The van der Waals surface area contributed by atoms with E-state index in [4.69, 9.17) is 0 Å². The van der Waals surface area contributed by atoms with Crippen molar-refractivity contribution in [1.82, 2.24) is 14.8 Å². The molecule has 2 aromatic rings. The maximum Gasteiger partial charge on any atom is 0.263 e. The summed E-state index contributed by atoms with van der Waals surface area (Å²) < 4.78 is 1.98. The first-order valence-corrected chi connectivity index (χ1v) is 7.11. The number of rotatable bonds is 3. The number of halogens is 1. The fourth-order valence-corrected chi connectivity index (χ4v) is 2.65. The molecule has 2 rings (SSSR count). The van der Waals surface area contributed by atoms with E-state index in [0.717, 1.165) is 11.4 Å². The number of hydrogen-bond acceptors (Lipinski definition) is 5. The lowest BCUT2D eigenvalue weighted by Crippen LogP contribution is -2.23. The molecule has 0 atom stereocenters. The third-order valence-electron chi connectivity index (χ3n) is 2.35. The van der Waals surface area contributed by atoms with Gasteiger partial charge in [0.2, 0.25) is 10.6 Å². The van der Waals surface area contributed by atoms with Gasteiger partial charge < -0.3 is 4.57 Å². The van der Waals surface area contributed by atoms with Crippen LogP contribution in [-0.2, 0) is 13.5 Å². The molecule has 6 nitrogen and oxygen atoms in total. The van der Waals surface area contributed by atoms with Crippen LogP contribution in [0.25, 0.3) is 0 Å². The Balaban J connectivity index is 2.27. The van der Waals surface area contributed by atoms with Gasteiger partial charge in [-0.1, -0.05) is 18.3 Å². The molecule has 0 saturated heterocycles. The Morgan fingerprint density at radius 2 is 2.21 bits per heavy atom. The summed E-state index contributed by atoms with van der Waals surface area (Å²) in [7, 11) is 1.74. The average Bonchev–Trinajstić information content (AvgIpc) is 2.81. The van der Waals surface area contributed by atoms with Crippen molar-refractivity contribution in [2.45, 2.75) is 13.3 Å². The summed E-state index contributed by atoms with van der Waals surface area (Å²) in [4.78, 5) is 23.9. The van der Waals surface area contributed by atoms with Crippen LogP contribution in [0.2, 0.25) is 0 Å². The molecular formula is C11H11BrN4O2S. The van der Waals surface area contributed by atoms with Crippen molar-refractivity contribution >= 4 is 38.3 Å². The molecule has 0 aromatic carbocycles. The summed E-state index contributed by atoms with van der Waals surface area (Å²) in [6.45, 7) is 1.95. The molecule has 0 fully saturated rings. The summed E-state index contributed by atoms with van der Waals surface area (Å²) in [6, 6.07) is 0. The molecule has 0 radical (unpaired) electrons. The monoisotopic (exact) mass is 342 g/mol. The zero-order valence-corrected chi connectivity index (χ0v) is 12.7. The highest BCUT2D eigenvalue weighted by molar-refractivity contribution is 9.10. The molecule has 0 spiro atoms. The molecule has 0 bridgehead atoms. The number of amides is 1. The van der Waals surface area contributed by atoms with E-state index in [2.05, 4.69) is 31.4 Å². The van der Waals surface area contributed by atoms with Crippen LogP contribution < -0.4 is 10.7 Å². The summed E-state index contributed by atoms with van der Waals surface area (Å²) >= 11 is 4.42. The Hall–Kier alpha value is -1.54. The maximum absolute atomic E-state index is 12.0. The molecule has 0 aliphatic heterocycles. The summed E-state index contributed by atoms with van der Waals surface area (Å²) in [5.74, 6) is -0.485. The lowest BCUT2D eigenvalue weighted by molar-refractivity contribution is 0.102. The van der Waals surface area contributed by atoms with Crippen molar-refractivity contribution in [2.24, 2.45) is 7.05 Å².